The maximum absolute atomic E-state index is 12.8. The van der Waals surface area contributed by atoms with Crippen LogP contribution < -0.4 is 16.9 Å². The molecule has 0 aliphatic carbocycles. The van der Waals surface area contributed by atoms with Gasteiger partial charge in [0.15, 0.2) is 5.84 Å². The van der Waals surface area contributed by atoms with Gasteiger partial charge in [-0.15, -0.1) is 5.10 Å². The second-order valence-electron chi connectivity index (χ2n) is 5.05. The van der Waals surface area contributed by atoms with Crippen molar-refractivity contribution in [1.82, 2.24) is 5.12 Å². The summed E-state index contributed by atoms with van der Waals surface area (Å²) in [4.78, 5) is 0.266. The second-order valence-corrected chi connectivity index (χ2v) is 5.67. The summed E-state index contributed by atoms with van der Waals surface area (Å²) in [6, 6.07) is 9.06. The molecular formula is C15H15F4N5S. The van der Waals surface area contributed by atoms with Crippen LogP contribution in [0, 0.1) is 0 Å². The third kappa shape index (κ3) is 5.00. The number of hydrazone groups is 1. The third-order valence-electron chi connectivity index (χ3n) is 3.09. The minimum absolute atomic E-state index is 0.00813. The average Bonchev–Trinajstić information content (AvgIpc) is 2.54. The van der Waals surface area contributed by atoms with E-state index >= 15 is 0 Å². The Balaban J connectivity index is 2.43. The van der Waals surface area contributed by atoms with Crippen molar-refractivity contribution in [1.29, 1.82) is 0 Å². The van der Waals surface area contributed by atoms with E-state index < -0.39 is 11.7 Å². The Bertz CT molecular complexity index is 777. The number of rotatable bonds is 5. The van der Waals surface area contributed by atoms with Crippen LogP contribution in [0.1, 0.15) is 11.1 Å². The molecule has 0 saturated carbocycles. The smallest absolute Gasteiger partial charge is 0.382 e. The Morgan fingerprint density at radius 3 is 2.52 bits per heavy atom. The van der Waals surface area contributed by atoms with Gasteiger partial charge >= 0.3 is 6.18 Å². The number of hydrogen-bond donors (Lipinski definition) is 3. The number of amidine groups is 1. The number of alkyl halides is 3. The van der Waals surface area contributed by atoms with Crippen LogP contribution in [0.25, 0.3) is 0 Å². The maximum atomic E-state index is 12.8. The minimum Gasteiger partial charge on any atom is -0.382 e. The lowest BCUT2D eigenvalue weighted by Crippen LogP contribution is -2.26. The fraction of sp³-hybridized carbons (Fsp3) is 0.133. The van der Waals surface area contributed by atoms with Crippen molar-refractivity contribution >= 4 is 29.4 Å². The summed E-state index contributed by atoms with van der Waals surface area (Å²) in [5.74, 6) is 5.39. The number of hydrazine groups is 1. The van der Waals surface area contributed by atoms with Gasteiger partial charge in [0.05, 0.1) is 17.7 Å². The highest BCUT2D eigenvalue weighted by Crippen LogP contribution is 2.32. The Hall–Kier alpha value is -2.46. The predicted molar refractivity (Wildman–Crippen MR) is 90.8 cm³/mol. The molecule has 0 aliphatic rings. The van der Waals surface area contributed by atoms with Gasteiger partial charge in [-0.25, -0.2) is 11.0 Å². The number of nitrogens with zero attached hydrogens (tertiary/aromatic N) is 2. The predicted octanol–water partition coefficient (Wildman–Crippen LogP) is 3.85. The van der Waals surface area contributed by atoms with E-state index in [9.17, 15) is 17.1 Å². The van der Waals surface area contributed by atoms with E-state index in [0.29, 0.717) is 11.3 Å². The summed E-state index contributed by atoms with van der Waals surface area (Å²) in [6.07, 6.45) is -4.46. The molecule has 5 nitrogen and oxygen atoms in total. The first-order valence-electron chi connectivity index (χ1n) is 6.90. The molecule has 2 rings (SSSR count). The molecule has 0 unspecified atom stereocenters. The zero-order chi connectivity index (χ0) is 18.6. The Morgan fingerprint density at radius 1 is 1.20 bits per heavy atom. The SMILES string of the molecule is CN(N)/N=C(\N)c1cc(SF)ccc1Nc1cccc(C(F)(F)F)c1. The van der Waals surface area contributed by atoms with Gasteiger partial charge < -0.3 is 11.1 Å². The fourth-order valence-corrected chi connectivity index (χ4v) is 2.33. The van der Waals surface area contributed by atoms with E-state index in [1.54, 1.807) is 0 Å². The summed E-state index contributed by atoms with van der Waals surface area (Å²) < 4.78 is 51.3. The summed E-state index contributed by atoms with van der Waals surface area (Å²) in [5, 5.41) is 7.65. The number of halogens is 4. The van der Waals surface area contributed by atoms with Crippen molar-refractivity contribution in [2.45, 2.75) is 11.1 Å². The van der Waals surface area contributed by atoms with E-state index in [1.165, 1.54) is 37.4 Å². The van der Waals surface area contributed by atoms with Crippen LogP contribution in [-0.4, -0.2) is 18.0 Å². The van der Waals surface area contributed by atoms with Gasteiger partial charge in [0.2, 0.25) is 0 Å². The lowest BCUT2D eigenvalue weighted by molar-refractivity contribution is -0.137. The maximum Gasteiger partial charge on any atom is 0.416 e. The van der Waals surface area contributed by atoms with E-state index in [4.69, 9.17) is 11.6 Å². The summed E-state index contributed by atoms with van der Waals surface area (Å²) in [6.45, 7) is 0. The van der Waals surface area contributed by atoms with Gasteiger partial charge in [-0.2, -0.15) is 17.1 Å². The topological polar surface area (TPSA) is 79.7 Å². The van der Waals surface area contributed by atoms with Crippen molar-refractivity contribution in [2.24, 2.45) is 16.7 Å². The number of anilines is 2. The van der Waals surface area contributed by atoms with Gasteiger partial charge in [-0.05, 0) is 36.4 Å². The molecule has 10 heteroatoms. The standard InChI is InChI=1S/C15H15F4N5S/c1-24(21)23-14(20)12-8-11(25-19)5-6-13(12)22-10-4-2-3-9(7-10)15(16,17)18/h2-8,22H,21H2,1H3,(H2,20,23). The van der Waals surface area contributed by atoms with Crippen LogP contribution >= 0.6 is 12.1 Å². The number of hydrogen-bond acceptors (Lipinski definition) is 5. The molecule has 0 fully saturated rings. The minimum atomic E-state index is -4.46. The Kier molecular flexibility index (Phi) is 5.75. The molecule has 0 heterocycles. The molecule has 0 saturated heterocycles. The quantitative estimate of drug-likeness (QED) is 0.244. The first-order valence-corrected chi connectivity index (χ1v) is 7.62. The molecule has 2 aromatic carbocycles. The van der Waals surface area contributed by atoms with E-state index in [1.807, 2.05) is 0 Å². The van der Waals surface area contributed by atoms with Crippen LogP contribution in [0.4, 0.5) is 28.4 Å². The molecule has 0 aromatic heterocycles. The summed E-state index contributed by atoms with van der Waals surface area (Å²) >= 11 is 0.00813. The molecule has 0 amide bonds. The lowest BCUT2D eigenvalue weighted by atomic mass is 10.1. The molecule has 0 radical (unpaired) electrons. The van der Waals surface area contributed by atoms with Crippen LogP contribution in [0.2, 0.25) is 0 Å². The highest BCUT2D eigenvalue weighted by Gasteiger charge is 2.30. The van der Waals surface area contributed by atoms with Crippen LogP contribution in [0.15, 0.2) is 52.5 Å². The normalized spacial score (nSPS) is 12.2. The summed E-state index contributed by atoms with van der Waals surface area (Å²) in [7, 11) is 1.44. The lowest BCUT2D eigenvalue weighted by Gasteiger charge is -2.15. The molecule has 5 N–H and O–H groups in total. The number of nitrogens with one attached hydrogen (secondary N) is 1. The summed E-state index contributed by atoms with van der Waals surface area (Å²) in [5.41, 5.74) is 5.92. The highest BCUT2D eigenvalue weighted by molar-refractivity contribution is 7.94. The van der Waals surface area contributed by atoms with E-state index in [-0.39, 0.29) is 28.6 Å². The Labute approximate surface area is 145 Å². The third-order valence-corrected chi connectivity index (χ3v) is 3.52. The van der Waals surface area contributed by atoms with Gasteiger partial charge in [0, 0.05) is 28.9 Å². The molecular weight excluding hydrogens is 358 g/mol. The molecule has 0 bridgehead atoms. The van der Waals surface area contributed by atoms with Crippen LogP contribution in [0.5, 0.6) is 0 Å². The van der Waals surface area contributed by atoms with Gasteiger partial charge in [-0.1, -0.05) is 6.07 Å². The molecule has 134 valence electrons. The molecule has 0 atom stereocenters. The van der Waals surface area contributed by atoms with Crippen molar-refractivity contribution < 1.29 is 17.1 Å². The average molecular weight is 373 g/mol. The zero-order valence-corrected chi connectivity index (χ0v) is 13.8. The molecule has 2 aromatic rings. The molecule has 0 spiro atoms. The van der Waals surface area contributed by atoms with Crippen LogP contribution in [0.3, 0.4) is 0 Å². The first-order chi connectivity index (χ1) is 11.7. The Morgan fingerprint density at radius 2 is 1.92 bits per heavy atom. The van der Waals surface area contributed by atoms with Gasteiger partial charge in [-0.3, -0.25) is 0 Å². The van der Waals surface area contributed by atoms with Crippen LogP contribution in [-0.2, 0) is 6.18 Å². The molecule has 25 heavy (non-hydrogen) atoms. The fourth-order valence-electron chi connectivity index (χ4n) is 2.04. The van der Waals surface area contributed by atoms with Gasteiger partial charge in [0.1, 0.15) is 0 Å². The molecule has 0 aliphatic heterocycles. The van der Waals surface area contributed by atoms with Crippen molar-refractivity contribution in [3.8, 4) is 0 Å². The van der Waals surface area contributed by atoms with E-state index in [2.05, 4.69) is 10.4 Å². The zero-order valence-electron chi connectivity index (χ0n) is 13.0. The van der Waals surface area contributed by atoms with Crippen molar-refractivity contribution in [3.63, 3.8) is 0 Å². The van der Waals surface area contributed by atoms with Crippen molar-refractivity contribution in [3.05, 3.63) is 53.6 Å². The van der Waals surface area contributed by atoms with Gasteiger partial charge in [0.25, 0.3) is 0 Å². The number of benzene rings is 2. The first kappa shape index (κ1) is 18.9. The second kappa shape index (κ2) is 7.62. The van der Waals surface area contributed by atoms with Crippen molar-refractivity contribution in [2.75, 3.05) is 12.4 Å². The van der Waals surface area contributed by atoms with E-state index in [0.717, 1.165) is 17.3 Å². The number of nitrogens with two attached hydrogens (primary N) is 2. The highest BCUT2D eigenvalue weighted by atomic mass is 32.2. The monoisotopic (exact) mass is 373 g/mol. The largest absolute Gasteiger partial charge is 0.416 e.